The van der Waals surface area contributed by atoms with Crippen LogP contribution in [0.2, 0.25) is 0 Å². The van der Waals surface area contributed by atoms with Crippen LogP contribution in [0.15, 0.2) is 36.5 Å². The smallest absolute Gasteiger partial charge is 0.235 e. The Balaban J connectivity index is 2.04. The maximum Gasteiger partial charge on any atom is 0.235 e. The molecule has 1 aliphatic rings. The highest BCUT2D eigenvalue weighted by molar-refractivity contribution is 8.00. The fraction of sp³-hybridized carbons (Fsp3) is 0.167. The summed E-state index contributed by atoms with van der Waals surface area (Å²) in [6.45, 7) is 0. The second-order valence-electron chi connectivity index (χ2n) is 3.85. The molecule has 1 atom stereocenters. The number of aromatic nitrogens is 2. The van der Waals surface area contributed by atoms with Crippen molar-refractivity contribution in [3.63, 3.8) is 0 Å². The third-order valence-corrected chi connectivity index (χ3v) is 3.99. The summed E-state index contributed by atoms with van der Waals surface area (Å²) in [6, 6.07) is 10.2. The quantitative estimate of drug-likeness (QED) is 0.809. The largest absolute Gasteiger partial charge is 0.310 e. The lowest BCUT2D eigenvalue weighted by molar-refractivity contribution is -0.113. The van der Waals surface area contributed by atoms with Gasteiger partial charge in [0.25, 0.3) is 0 Å². The van der Waals surface area contributed by atoms with Crippen molar-refractivity contribution in [1.29, 1.82) is 0 Å². The number of aromatic amines is 1. The molecule has 5 heteroatoms. The van der Waals surface area contributed by atoms with E-state index >= 15 is 0 Å². The predicted octanol–water partition coefficient (Wildman–Crippen LogP) is 2.18. The van der Waals surface area contributed by atoms with E-state index < -0.39 is 0 Å². The number of anilines is 1. The Morgan fingerprint density at radius 1 is 1.29 bits per heavy atom. The lowest BCUT2D eigenvalue weighted by Crippen LogP contribution is -2.12. The number of carbonyl (C=O) groups is 1. The molecule has 2 aromatic rings. The number of nitrogens with one attached hydrogen (secondary N) is 2. The zero-order chi connectivity index (χ0) is 11.7. The normalized spacial score (nSPS) is 19.3. The van der Waals surface area contributed by atoms with E-state index in [-0.39, 0.29) is 11.2 Å². The van der Waals surface area contributed by atoms with Gasteiger partial charge in [-0.15, -0.1) is 11.8 Å². The van der Waals surface area contributed by atoms with Crippen LogP contribution in [0.25, 0.3) is 0 Å². The number of hydrogen-bond donors (Lipinski definition) is 2. The van der Waals surface area contributed by atoms with Crippen LogP contribution >= 0.6 is 11.8 Å². The Morgan fingerprint density at radius 2 is 2.12 bits per heavy atom. The van der Waals surface area contributed by atoms with E-state index in [1.54, 1.807) is 18.0 Å². The average Bonchev–Trinajstić information content (AvgIpc) is 2.73. The molecule has 0 aliphatic carbocycles. The summed E-state index contributed by atoms with van der Waals surface area (Å²) >= 11 is 1.62. The number of amides is 1. The molecule has 0 fully saturated rings. The van der Waals surface area contributed by atoms with Crippen molar-refractivity contribution in [3.05, 3.63) is 47.7 Å². The molecule has 0 spiro atoms. The molecule has 0 radical (unpaired) electrons. The average molecular weight is 245 g/mol. The van der Waals surface area contributed by atoms with Crippen LogP contribution < -0.4 is 5.32 Å². The lowest BCUT2D eigenvalue weighted by atomic mass is 10.1. The first-order valence-electron chi connectivity index (χ1n) is 5.34. The van der Waals surface area contributed by atoms with Gasteiger partial charge in [0.15, 0.2) is 0 Å². The first-order valence-corrected chi connectivity index (χ1v) is 6.39. The minimum Gasteiger partial charge on any atom is -0.310 e. The highest BCUT2D eigenvalue weighted by Crippen LogP contribution is 2.40. The van der Waals surface area contributed by atoms with E-state index in [0.29, 0.717) is 11.6 Å². The predicted molar refractivity (Wildman–Crippen MR) is 68.0 cm³/mol. The molecule has 1 aliphatic heterocycles. The van der Waals surface area contributed by atoms with Gasteiger partial charge < -0.3 is 5.32 Å². The topological polar surface area (TPSA) is 57.8 Å². The summed E-state index contributed by atoms with van der Waals surface area (Å²) in [5.41, 5.74) is 2.23. The molecule has 17 heavy (non-hydrogen) atoms. The fourth-order valence-electron chi connectivity index (χ4n) is 1.92. The van der Waals surface area contributed by atoms with E-state index in [4.69, 9.17) is 0 Å². The number of rotatable bonds is 1. The number of thioether (sulfide) groups is 1. The first kappa shape index (κ1) is 10.4. The van der Waals surface area contributed by atoms with Crippen molar-refractivity contribution in [2.45, 2.75) is 5.25 Å². The number of fused-ring (bicyclic) bond motifs is 1. The van der Waals surface area contributed by atoms with Gasteiger partial charge in [-0.2, -0.15) is 5.10 Å². The summed E-state index contributed by atoms with van der Waals surface area (Å²) in [4.78, 5) is 11.5. The van der Waals surface area contributed by atoms with Crippen molar-refractivity contribution in [2.75, 3.05) is 11.1 Å². The molecule has 1 aromatic heterocycles. The lowest BCUT2D eigenvalue weighted by Gasteiger charge is -2.13. The summed E-state index contributed by atoms with van der Waals surface area (Å²) in [7, 11) is 0. The van der Waals surface area contributed by atoms with E-state index in [1.807, 2.05) is 18.2 Å². The van der Waals surface area contributed by atoms with Gasteiger partial charge in [0.1, 0.15) is 5.82 Å². The maximum absolute atomic E-state index is 11.5. The standard InChI is InChI=1S/C12H11N3OS/c16-10-7-17-11(8-4-2-1-3-5-8)9-6-13-15-12(9)14-10/h1-6,11H,7H2,(H2,13,14,15,16). The molecule has 2 heterocycles. The highest BCUT2D eigenvalue weighted by atomic mass is 32.2. The number of carbonyl (C=O) groups excluding carboxylic acids is 1. The first-order chi connectivity index (χ1) is 8.34. The molecule has 1 aromatic carbocycles. The van der Waals surface area contributed by atoms with Crippen molar-refractivity contribution in [2.24, 2.45) is 0 Å². The molecule has 4 nitrogen and oxygen atoms in total. The molecule has 1 amide bonds. The van der Waals surface area contributed by atoms with Crippen LogP contribution in [0.3, 0.4) is 0 Å². The van der Waals surface area contributed by atoms with Crippen LogP contribution in [-0.2, 0) is 4.79 Å². The van der Waals surface area contributed by atoms with Crippen molar-refractivity contribution < 1.29 is 4.79 Å². The highest BCUT2D eigenvalue weighted by Gasteiger charge is 2.25. The Labute approximate surface area is 103 Å². The fourth-order valence-corrected chi connectivity index (χ4v) is 3.02. The number of hydrogen-bond acceptors (Lipinski definition) is 3. The summed E-state index contributed by atoms with van der Waals surface area (Å²) in [5.74, 6) is 1.19. The van der Waals surface area contributed by atoms with Crippen molar-refractivity contribution in [1.82, 2.24) is 10.2 Å². The van der Waals surface area contributed by atoms with Gasteiger partial charge in [0, 0.05) is 5.56 Å². The van der Waals surface area contributed by atoms with Crippen molar-refractivity contribution >= 4 is 23.5 Å². The second-order valence-corrected chi connectivity index (χ2v) is 4.94. The van der Waals surface area contributed by atoms with Gasteiger partial charge in [0.05, 0.1) is 17.2 Å². The van der Waals surface area contributed by atoms with Crippen LogP contribution in [0, 0.1) is 0 Å². The van der Waals surface area contributed by atoms with Crippen LogP contribution in [0.5, 0.6) is 0 Å². The molecule has 3 rings (SSSR count). The summed E-state index contributed by atoms with van der Waals surface area (Å²) in [5, 5.41) is 9.82. The molecule has 0 bridgehead atoms. The molecular formula is C12H11N3OS. The third-order valence-electron chi connectivity index (χ3n) is 2.70. The minimum atomic E-state index is 0.0129. The Morgan fingerprint density at radius 3 is 2.94 bits per heavy atom. The number of benzene rings is 1. The Kier molecular flexibility index (Phi) is 2.60. The van der Waals surface area contributed by atoms with Crippen molar-refractivity contribution in [3.8, 4) is 0 Å². The van der Waals surface area contributed by atoms with Gasteiger partial charge in [-0.1, -0.05) is 30.3 Å². The SMILES string of the molecule is O=C1CSC(c2ccccc2)c2cn[nH]c2N1. The second kappa shape index (κ2) is 4.25. The Bertz CT molecular complexity index is 538. The van der Waals surface area contributed by atoms with Crippen LogP contribution in [-0.4, -0.2) is 21.9 Å². The Hall–Kier alpha value is -1.75. The van der Waals surface area contributed by atoms with Gasteiger partial charge in [-0.05, 0) is 5.56 Å². The zero-order valence-electron chi connectivity index (χ0n) is 9.01. The van der Waals surface area contributed by atoms with Crippen LogP contribution in [0.4, 0.5) is 5.82 Å². The van der Waals surface area contributed by atoms with E-state index in [9.17, 15) is 4.79 Å². The molecular weight excluding hydrogens is 234 g/mol. The van der Waals surface area contributed by atoms with Gasteiger partial charge in [0.2, 0.25) is 5.91 Å². The molecule has 0 saturated carbocycles. The molecule has 2 N–H and O–H groups in total. The van der Waals surface area contributed by atoms with E-state index in [0.717, 1.165) is 5.56 Å². The third kappa shape index (κ3) is 1.93. The monoisotopic (exact) mass is 245 g/mol. The number of H-pyrrole nitrogens is 1. The van der Waals surface area contributed by atoms with E-state index in [2.05, 4.69) is 27.6 Å². The van der Waals surface area contributed by atoms with Gasteiger partial charge in [-0.25, -0.2) is 0 Å². The van der Waals surface area contributed by atoms with Gasteiger partial charge in [-0.3, -0.25) is 9.89 Å². The van der Waals surface area contributed by atoms with Gasteiger partial charge >= 0.3 is 0 Å². The number of nitrogens with zero attached hydrogens (tertiary/aromatic N) is 1. The van der Waals surface area contributed by atoms with Crippen LogP contribution in [0.1, 0.15) is 16.4 Å². The zero-order valence-corrected chi connectivity index (χ0v) is 9.83. The molecule has 86 valence electrons. The minimum absolute atomic E-state index is 0.0129. The van der Waals surface area contributed by atoms with E-state index in [1.165, 1.54) is 5.56 Å². The summed E-state index contributed by atoms with van der Waals surface area (Å²) in [6.07, 6.45) is 1.78. The molecule has 0 saturated heterocycles. The maximum atomic E-state index is 11.5. The summed E-state index contributed by atoms with van der Waals surface area (Å²) < 4.78 is 0. The molecule has 1 unspecified atom stereocenters.